The fraction of sp³-hybridized carbons (Fsp3) is 0.381. The normalized spacial score (nSPS) is 11.8. The van der Waals surface area contributed by atoms with E-state index in [1.54, 1.807) is 13.2 Å². The van der Waals surface area contributed by atoms with Crippen LogP contribution in [-0.2, 0) is 4.79 Å². The summed E-state index contributed by atoms with van der Waals surface area (Å²) in [5.41, 5.74) is 1.25. The topological polar surface area (TPSA) is 54.9 Å². The van der Waals surface area contributed by atoms with Gasteiger partial charge in [0.2, 0.25) is 5.91 Å². The lowest BCUT2D eigenvalue weighted by Gasteiger charge is -2.16. The van der Waals surface area contributed by atoms with Crippen LogP contribution < -0.4 is 15.4 Å². The molecule has 0 aliphatic rings. The highest BCUT2D eigenvalue weighted by atomic mass is 16.5. The van der Waals surface area contributed by atoms with Crippen molar-refractivity contribution < 1.29 is 14.8 Å². The van der Waals surface area contributed by atoms with E-state index >= 15 is 0 Å². The predicted octanol–water partition coefficient (Wildman–Crippen LogP) is 2.73. The molecule has 2 aromatic carbocycles. The maximum Gasteiger partial charge on any atom is 0.244 e. The second-order valence-electron chi connectivity index (χ2n) is 7.31. The number of ether oxygens (including phenoxy) is 1. The third-order valence-corrected chi connectivity index (χ3v) is 3.94. The number of amides is 1. The summed E-state index contributed by atoms with van der Waals surface area (Å²) in [5, 5.41) is 7.47. The van der Waals surface area contributed by atoms with Gasteiger partial charge in [-0.05, 0) is 61.4 Å². The molecular weight excluding hydrogens is 312 g/mol. The molecule has 25 heavy (non-hydrogen) atoms. The van der Waals surface area contributed by atoms with Crippen LogP contribution in [0.25, 0.3) is 16.8 Å². The largest absolute Gasteiger partial charge is 0.497 e. The Bertz CT molecular complexity index is 745. The van der Waals surface area contributed by atoms with Gasteiger partial charge in [-0.25, -0.2) is 0 Å². The minimum Gasteiger partial charge on any atom is -0.497 e. The van der Waals surface area contributed by atoms with Crippen molar-refractivity contribution in [1.82, 2.24) is 5.32 Å². The van der Waals surface area contributed by atoms with E-state index in [9.17, 15) is 4.79 Å². The number of hydrogen-bond acceptors (Lipinski definition) is 2. The van der Waals surface area contributed by atoms with E-state index < -0.39 is 0 Å². The molecule has 0 unspecified atom stereocenters. The van der Waals surface area contributed by atoms with Gasteiger partial charge >= 0.3 is 0 Å². The zero-order valence-electron chi connectivity index (χ0n) is 15.6. The van der Waals surface area contributed by atoms with Gasteiger partial charge in [0.15, 0.2) is 0 Å². The first-order valence-electron chi connectivity index (χ1n) is 8.75. The lowest BCUT2D eigenvalue weighted by Crippen LogP contribution is -2.94. The molecule has 134 valence electrons. The van der Waals surface area contributed by atoms with Crippen LogP contribution in [0.3, 0.4) is 0 Å². The molecule has 4 nitrogen and oxygen atoms in total. The van der Waals surface area contributed by atoms with Crippen LogP contribution in [-0.4, -0.2) is 31.6 Å². The van der Waals surface area contributed by atoms with Gasteiger partial charge in [0.05, 0.1) is 19.2 Å². The van der Waals surface area contributed by atoms with E-state index in [1.165, 1.54) is 0 Å². The Morgan fingerprint density at radius 3 is 2.60 bits per heavy atom. The van der Waals surface area contributed by atoms with Crippen LogP contribution >= 0.6 is 0 Å². The van der Waals surface area contributed by atoms with E-state index in [2.05, 4.69) is 37.5 Å². The van der Waals surface area contributed by atoms with E-state index in [-0.39, 0.29) is 11.4 Å². The Morgan fingerprint density at radius 1 is 1.16 bits per heavy atom. The van der Waals surface area contributed by atoms with Crippen molar-refractivity contribution in [2.75, 3.05) is 20.2 Å². The second kappa shape index (κ2) is 8.67. The highest BCUT2D eigenvalue weighted by molar-refractivity contribution is 5.93. The number of nitrogens with two attached hydrogens (primary N) is 1. The summed E-state index contributed by atoms with van der Waals surface area (Å²) >= 11 is 0. The van der Waals surface area contributed by atoms with Crippen molar-refractivity contribution in [3.8, 4) is 5.75 Å². The lowest BCUT2D eigenvalue weighted by atomic mass is 10.1. The van der Waals surface area contributed by atoms with Crippen molar-refractivity contribution in [1.29, 1.82) is 0 Å². The lowest BCUT2D eigenvalue weighted by molar-refractivity contribution is -0.717. The van der Waals surface area contributed by atoms with Gasteiger partial charge in [0.25, 0.3) is 0 Å². The summed E-state index contributed by atoms with van der Waals surface area (Å²) in [7, 11) is 1.66. The standard InChI is InChI=1S/C21H28N2O2/c1-21(2,3)23-13-5-12-22-20(24)11-7-16-6-8-18-15-19(25-4)10-9-17(18)14-16/h6-11,14-15,23H,5,12-13H2,1-4H3,(H,22,24)/p+1/b11-7+. The van der Waals surface area contributed by atoms with Gasteiger partial charge in [-0.1, -0.05) is 18.2 Å². The highest BCUT2D eigenvalue weighted by Crippen LogP contribution is 2.22. The quantitative estimate of drug-likeness (QED) is 0.601. The summed E-state index contributed by atoms with van der Waals surface area (Å²) < 4.78 is 5.24. The van der Waals surface area contributed by atoms with Crippen LogP contribution in [0, 0.1) is 0 Å². The Kier molecular flexibility index (Phi) is 6.59. The number of fused-ring (bicyclic) bond motifs is 1. The molecule has 2 rings (SSSR count). The summed E-state index contributed by atoms with van der Waals surface area (Å²) in [5.74, 6) is 0.796. The molecule has 2 aromatic rings. The Balaban J connectivity index is 1.84. The van der Waals surface area contributed by atoms with Gasteiger partial charge in [0.1, 0.15) is 5.75 Å². The third-order valence-electron chi connectivity index (χ3n) is 3.94. The summed E-state index contributed by atoms with van der Waals surface area (Å²) in [6, 6.07) is 12.1. The Labute approximate surface area is 150 Å². The van der Waals surface area contributed by atoms with Crippen LogP contribution in [0.1, 0.15) is 32.8 Å². The Morgan fingerprint density at radius 2 is 1.88 bits per heavy atom. The average molecular weight is 341 g/mol. The van der Waals surface area contributed by atoms with Gasteiger partial charge in [0, 0.05) is 19.0 Å². The van der Waals surface area contributed by atoms with Crippen molar-refractivity contribution >= 4 is 22.8 Å². The third kappa shape index (κ3) is 6.59. The number of nitrogens with one attached hydrogen (secondary N) is 1. The average Bonchev–Trinajstić information content (AvgIpc) is 2.58. The van der Waals surface area contributed by atoms with Gasteiger partial charge in [-0.15, -0.1) is 0 Å². The number of rotatable bonds is 7. The minimum atomic E-state index is -0.0504. The fourth-order valence-electron chi connectivity index (χ4n) is 2.55. The van der Waals surface area contributed by atoms with Crippen molar-refractivity contribution in [3.05, 3.63) is 48.0 Å². The second-order valence-corrected chi connectivity index (χ2v) is 7.31. The molecule has 0 saturated carbocycles. The molecule has 0 radical (unpaired) electrons. The maximum absolute atomic E-state index is 11.9. The fourth-order valence-corrected chi connectivity index (χ4v) is 2.55. The molecule has 1 amide bonds. The van der Waals surface area contributed by atoms with Crippen molar-refractivity contribution in [2.24, 2.45) is 0 Å². The van der Waals surface area contributed by atoms with Gasteiger partial charge in [-0.2, -0.15) is 0 Å². The molecule has 0 bridgehead atoms. The molecule has 4 heteroatoms. The predicted molar refractivity (Wildman–Crippen MR) is 104 cm³/mol. The molecule has 0 aliphatic carbocycles. The zero-order chi connectivity index (χ0) is 18.3. The van der Waals surface area contributed by atoms with Gasteiger partial charge in [-0.3, -0.25) is 4.79 Å². The first kappa shape index (κ1) is 19.0. The van der Waals surface area contributed by atoms with Crippen molar-refractivity contribution in [3.63, 3.8) is 0 Å². The van der Waals surface area contributed by atoms with E-state index in [0.29, 0.717) is 6.54 Å². The number of hydrogen-bond donors (Lipinski definition) is 2. The molecule has 3 N–H and O–H groups in total. The van der Waals surface area contributed by atoms with Crippen molar-refractivity contribution in [2.45, 2.75) is 32.7 Å². The van der Waals surface area contributed by atoms with E-state index in [4.69, 9.17) is 4.74 Å². The molecule has 0 aromatic heterocycles. The monoisotopic (exact) mass is 341 g/mol. The number of benzene rings is 2. The van der Waals surface area contributed by atoms with E-state index in [1.807, 2.05) is 36.4 Å². The minimum absolute atomic E-state index is 0.0504. The SMILES string of the molecule is COc1ccc2cc(/C=C/C(=O)NCCC[NH2+]C(C)(C)C)ccc2c1. The summed E-state index contributed by atoms with van der Waals surface area (Å²) in [6.45, 7) is 8.28. The number of carbonyl (C=O) groups excluding carboxylic acids is 1. The molecule has 0 aliphatic heterocycles. The smallest absolute Gasteiger partial charge is 0.244 e. The molecule has 0 fully saturated rings. The molecule has 0 saturated heterocycles. The first-order chi connectivity index (χ1) is 11.9. The number of quaternary nitrogens is 1. The first-order valence-corrected chi connectivity index (χ1v) is 8.75. The number of methoxy groups -OCH3 is 1. The molecule has 0 atom stereocenters. The molecular formula is C21H29N2O2+. The van der Waals surface area contributed by atoms with Crippen LogP contribution in [0.15, 0.2) is 42.5 Å². The Hall–Kier alpha value is -2.33. The van der Waals surface area contributed by atoms with E-state index in [0.717, 1.165) is 35.1 Å². The van der Waals surface area contributed by atoms with Crippen LogP contribution in [0.5, 0.6) is 5.75 Å². The maximum atomic E-state index is 11.9. The zero-order valence-corrected chi connectivity index (χ0v) is 15.6. The number of carbonyl (C=O) groups is 1. The van der Waals surface area contributed by atoms with Crippen LogP contribution in [0.2, 0.25) is 0 Å². The summed E-state index contributed by atoms with van der Waals surface area (Å²) in [4.78, 5) is 11.9. The highest BCUT2D eigenvalue weighted by Gasteiger charge is 2.11. The van der Waals surface area contributed by atoms with Gasteiger partial charge < -0.3 is 15.4 Å². The molecule has 0 heterocycles. The molecule has 0 spiro atoms. The van der Waals surface area contributed by atoms with Crippen LogP contribution in [0.4, 0.5) is 0 Å². The summed E-state index contributed by atoms with van der Waals surface area (Å²) in [6.07, 6.45) is 4.41.